The summed E-state index contributed by atoms with van der Waals surface area (Å²) in [4.78, 5) is 2.51. The van der Waals surface area contributed by atoms with E-state index in [0.29, 0.717) is 8.58 Å². The van der Waals surface area contributed by atoms with Gasteiger partial charge in [-0.3, -0.25) is 0 Å². The van der Waals surface area contributed by atoms with Crippen molar-refractivity contribution in [1.82, 2.24) is 0 Å². The fraction of sp³-hybridized carbons (Fsp3) is 0.636. The van der Waals surface area contributed by atoms with Gasteiger partial charge in [-0.25, -0.2) is 0 Å². The van der Waals surface area contributed by atoms with E-state index in [1.165, 1.54) is 33.2 Å². The lowest BCUT2D eigenvalue weighted by molar-refractivity contribution is 0.0485. The van der Waals surface area contributed by atoms with E-state index in [0.717, 1.165) is 38.1 Å². The maximum atomic E-state index is 6.53. The summed E-state index contributed by atoms with van der Waals surface area (Å²) in [5.74, 6) is 1.03. The Morgan fingerprint density at radius 2 is 1.49 bits per heavy atom. The molecule has 0 amide bonds. The Kier molecular flexibility index (Phi) is 11.1. The van der Waals surface area contributed by atoms with E-state index in [2.05, 4.69) is 111 Å². The van der Waals surface area contributed by atoms with Crippen LogP contribution in [0.2, 0.25) is 0 Å². The maximum Gasteiger partial charge on any atom is 0.188 e. The van der Waals surface area contributed by atoms with E-state index in [1.54, 1.807) is 7.11 Å². The van der Waals surface area contributed by atoms with Crippen LogP contribution in [0.1, 0.15) is 111 Å². The molecular weight excluding hydrogens is 473 g/mol. The highest BCUT2D eigenvalue weighted by atomic mass is 31.1. The zero-order valence-electron chi connectivity index (χ0n) is 25.9. The van der Waals surface area contributed by atoms with Gasteiger partial charge in [0.15, 0.2) is 6.79 Å². The van der Waals surface area contributed by atoms with E-state index >= 15 is 0 Å². The normalized spacial score (nSPS) is 14.3. The predicted octanol–water partition coefficient (Wildman–Crippen LogP) is 8.83. The number of aryl methyl sites for hydroxylation is 1. The molecule has 0 aliphatic rings. The summed E-state index contributed by atoms with van der Waals surface area (Å²) in [5, 5.41) is 1.48. The second kappa shape index (κ2) is 13.0. The van der Waals surface area contributed by atoms with Gasteiger partial charge in [0.1, 0.15) is 5.75 Å². The van der Waals surface area contributed by atoms with Crippen LogP contribution in [0.15, 0.2) is 30.3 Å². The van der Waals surface area contributed by atoms with Crippen LogP contribution >= 0.6 is 8.58 Å². The van der Waals surface area contributed by atoms with Gasteiger partial charge >= 0.3 is 0 Å². The van der Waals surface area contributed by atoms with Gasteiger partial charge in [0, 0.05) is 42.2 Å². The lowest BCUT2D eigenvalue weighted by Gasteiger charge is -2.40. The van der Waals surface area contributed by atoms with Crippen molar-refractivity contribution in [3.63, 3.8) is 0 Å². The van der Waals surface area contributed by atoms with Gasteiger partial charge in [-0.15, -0.1) is 0 Å². The minimum Gasteiger partial charge on any atom is -0.467 e. The fourth-order valence-electron chi connectivity index (χ4n) is 5.28. The quantitative estimate of drug-likeness (QED) is 0.203. The van der Waals surface area contributed by atoms with E-state index in [9.17, 15) is 0 Å². The van der Waals surface area contributed by atoms with Crippen LogP contribution in [0, 0.1) is 6.92 Å². The molecule has 2 atom stereocenters. The number of hydrogen-bond acceptors (Lipinski definition) is 3. The molecule has 208 valence electrons. The van der Waals surface area contributed by atoms with Crippen LogP contribution in [-0.2, 0) is 20.7 Å². The molecule has 3 nitrogen and oxygen atoms in total. The van der Waals surface area contributed by atoms with Crippen molar-refractivity contribution in [3.05, 3.63) is 52.6 Å². The highest BCUT2D eigenvalue weighted by Crippen LogP contribution is 2.54. The molecule has 0 N–H and O–H groups in total. The Hall–Kier alpha value is -1.57. The molecule has 2 rings (SSSR count). The van der Waals surface area contributed by atoms with Gasteiger partial charge in [0.05, 0.1) is 0 Å². The van der Waals surface area contributed by atoms with Crippen LogP contribution in [0.3, 0.4) is 0 Å². The summed E-state index contributed by atoms with van der Waals surface area (Å²) in [6, 6.07) is 11.7. The molecular formula is C33H54NO2P. The Bertz CT molecular complexity index is 1010. The predicted molar refractivity (Wildman–Crippen MR) is 166 cm³/mol. The van der Waals surface area contributed by atoms with Crippen molar-refractivity contribution in [2.75, 3.05) is 31.9 Å². The summed E-state index contributed by atoms with van der Waals surface area (Å²) in [7, 11) is 2.36. The molecule has 0 aliphatic carbocycles. The topological polar surface area (TPSA) is 21.7 Å². The maximum absolute atomic E-state index is 6.53. The van der Waals surface area contributed by atoms with Crippen molar-refractivity contribution >= 4 is 19.6 Å². The first kappa shape index (κ1) is 31.6. The molecule has 0 aliphatic heterocycles. The summed E-state index contributed by atoms with van der Waals surface area (Å²) in [5.41, 5.74) is 6.78. The van der Waals surface area contributed by atoms with Crippen molar-refractivity contribution < 1.29 is 9.47 Å². The first-order chi connectivity index (χ1) is 17.3. The molecule has 0 spiro atoms. The summed E-state index contributed by atoms with van der Waals surface area (Å²) < 4.78 is 12.0. The number of hydrogen-bond donors (Lipinski definition) is 0. The average molecular weight is 528 g/mol. The minimum atomic E-state index is -0.0526. The second-order valence-electron chi connectivity index (χ2n) is 12.4. The molecule has 2 aromatic rings. The molecule has 0 saturated heterocycles. The van der Waals surface area contributed by atoms with Crippen molar-refractivity contribution in [2.45, 2.75) is 111 Å². The molecule has 0 aromatic heterocycles. The van der Waals surface area contributed by atoms with E-state index in [-0.39, 0.29) is 22.8 Å². The van der Waals surface area contributed by atoms with Gasteiger partial charge in [0.25, 0.3) is 0 Å². The van der Waals surface area contributed by atoms with E-state index < -0.39 is 0 Å². The molecule has 0 radical (unpaired) electrons. The molecule has 4 heteroatoms. The molecule has 2 unspecified atom stereocenters. The molecule has 0 fully saturated rings. The molecule has 0 bridgehead atoms. The Morgan fingerprint density at radius 3 is 1.97 bits per heavy atom. The molecule has 0 heterocycles. The average Bonchev–Trinajstić information content (AvgIpc) is 2.83. The van der Waals surface area contributed by atoms with Crippen LogP contribution in [-0.4, -0.2) is 27.0 Å². The van der Waals surface area contributed by atoms with Crippen LogP contribution in [0.4, 0.5) is 5.69 Å². The first-order valence-electron chi connectivity index (χ1n) is 14.2. The minimum absolute atomic E-state index is 0.0207. The molecule has 2 aromatic carbocycles. The highest BCUT2D eigenvalue weighted by molar-refractivity contribution is 7.49. The Balaban J connectivity index is 2.96. The second-order valence-corrected chi connectivity index (χ2v) is 14.1. The number of nitrogens with zero attached hydrogens (tertiary/aromatic N) is 1. The Morgan fingerprint density at radius 1 is 0.865 bits per heavy atom. The largest absolute Gasteiger partial charge is 0.467 e. The number of methoxy groups -OCH3 is 1. The number of anilines is 1. The third-order valence-electron chi connectivity index (χ3n) is 7.60. The van der Waals surface area contributed by atoms with Crippen molar-refractivity contribution in [2.24, 2.45) is 0 Å². The van der Waals surface area contributed by atoms with E-state index in [1.807, 2.05) is 0 Å². The van der Waals surface area contributed by atoms with Gasteiger partial charge in [-0.05, 0) is 66.9 Å². The smallest absolute Gasteiger partial charge is 0.188 e. The third-order valence-corrected chi connectivity index (χ3v) is 9.85. The van der Waals surface area contributed by atoms with Gasteiger partial charge in [-0.2, -0.15) is 0 Å². The lowest BCUT2D eigenvalue weighted by atomic mass is 9.76. The third kappa shape index (κ3) is 7.30. The summed E-state index contributed by atoms with van der Waals surface area (Å²) in [6.45, 7) is 27.7. The summed E-state index contributed by atoms with van der Waals surface area (Å²) >= 11 is 0. The van der Waals surface area contributed by atoms with Crippen LogP contribution in [0.5, 0.6) is 5.75 Å². The highest BCUT2D eigenvalue weighted by Gasteiger charge is 2.38. The van der Waals surface area contributed by atoms with Crippen molar-refractivity contribution in [1.29, 1.82) is 0 Å². The monoisotopic (exact) mass is 527 g/mol. The summed E-state index contributed by atoms with van der Waals surface area (Å²) in [6.07, 6.45) is 3.31. The fourth-order valence-corrected chi connectivity index (χ4v) is 7.28. The van der Waals surface area contributed by atoms with Crippen molar-refractivity contribution in [3.8, 4) is 5.75 Å². The van der Waals surface area contributed by atoms with E-state index in [4.69, 9.17) is 9.47 Å². The zero-order chi connectivity index (χ0) is 28.0. The van der Waals surface area contributed by atoms with Gasteiger partial charge in [0.2, 0.25) is 0 Å². The zero-order valence-corrected chi connectivity index (χ0v) is 26.9. The Labute approximate surface area is 230 Å². The molecule has 37 heavy (non-hydrogen) atoms. The van der Waals surface area contributed by atoms with Crippen LogP contribution in [0.25, 0.3) is 0 Å². The number of benzene rings is 2. The molecule has 0 saturated carbocycles. The first-order valence-corrected chi connectivity index (χ1v) is 15.2. The standard InChI is InChI=1S/C33H54NO2P/c1-13-20-33(14-2,37-30-24(5)18-17-19-28(30)34(15-3)16-4)27-22-25(31(6,7)8)21-26(32(9,10)11)29(27)36-23-35-12/h17-19,21-22,37H,13-16,20,23H2,1-12H3. The SMILES string of the molecule is CCCC(CC)(Pc1c(C)cccc1N(CC)CC)c1cc(C(C)(C)C)cc(C(C)(C)C)c1OCOC. The van der Waals surface area contributed by atoms with Gasteiger partial charge in [-0.1, -0.05) is 94.7 Å². The lowest BCUT2D eigenvalue weighted by Crippen LogP contribution is -2.31. The number of rotatable bonds is 12. The van der Waals surface area contributed by atoms with Gasteiger partial charge < -0.3 is 14.4 Å². The van der Waals surface area contributed by atoms with Crippen LogP contribution < -0.4 is 14.9 Å². The number of ether oxygens (including phenoxy) is 2.